The van der Waals surface area contributed by atoms with Crippen LogP contribution in [-0.4, -0.2) is 61.2 Å². The molecule has 1 aliphatic heterocycles. The SMILES string of the molecule is CN=C(NCC(=O)Nc1ccccc1)N1CCC(NC(=O)OC(C)(C)C)C1. The number of amides is 2. The van der Waals surface area contributed by atoms with Gasteiger partial charge in [-0.1, -0.05) is 18.2 Å². The Bertz CT molecular complexity index is 670. The second kappa shape index (κ2) is 9.25. The number of hydrogen-bond acceptors (Lipinski definition) is 4. The van der Waals surface area contributed by atoms with Gasteiger partial charge in [-0.2, -0.15) is 0 Å². The normalized spacial score (nSPS) is 17.4. The van der Waals surface area contributed by atoms with Crippen molar-refractivity contribution in [2.24, 2.45) is 4.99 Å². The second-order valence-electron chi connectivity index (χ2n) is 7.39. The molecule has 0 aliphatic carbocycles. The van der Waals surface area contributed by atoms with Gasteiger partial charge in [-0.15, -0.1) is 0 Å². The monoisotopic (exact) mass is 375 g/mol. The van der Waals surface area contributed by atoms with Gasteiger partial charge in [-0.05, 0) is 39.3 Å². The number of benzene rings is 1. The molecule has 0 saturated carbocycles. The maximum atomic E-state index is 12.1. The van der Waals surface area contributed by atoms with Crippen LogP contribution >= 0.6 is 0 Å². The molecule has 1 aliphatic rings. The Morgan fingerprint density at radius 2 is 1.96 bits per heavy atom. The fourth-order valence-electron chi connectivity index (χ4n) is 2.76. The maximum Gasteiger partial charge on any atom is 0.407 e. The van der Waals surface area contributed by atoms with E-state index in [1.54, 1.807) is 7.05 Å². The highest BCUT2D eigenvalue weighted by Gasteiger charge is 2.28. The van der Waals surface area contributed by atoms with Crippen molar-refractivity contribution in [1.82, 2.24) is 15.5 Å². The number of ether oxygens (including phenoxy) is 1. The zero-order valence-corrected chi connectivity index (χ0v) is 16.4. The molecule has 1 aromatic carbocycles. The molecule has 0 radical (unpaired) electrons. The number of carbonyl (C=O) groups is 2. The molecule has 8 nitrogen and oxygen atoms in total. The molecule has 1 heterocycles. The lowest BCUT2D eigenvalue weighted by atomic mass is 10.2. The first-order chi connectivity index (χ1) is 12.8. The first-order valence-electron chi connectivity index (χ1n) is 9.07. The Morgan fingerprint density at radius 1 is 1.26 bits per heavy atom. The fraction of sp³-hybridized carbons (Fsp3) is 0.526. The lowest BCUT2D eigenvalue weighted by Gasteiger charge is -2.23. The molecular weight excluding hydrogens is 346 g/mol. The summed E-state index contributed by atoms with van der Waals surface area (Å²) in [6.45, 7) is 6.96. The van der Waals surface area contributed by atoms with Gasteiger partial charge in [-0.3, -0.25) is 9.79 Å². The molecule has 148 valence electrons. The lowest BCUT2D eigenvalue weighted by molar-refractivity contribution is -0.115. The highest BCUT2D eigenvalue weighted by atomic mass is 16.6. The van der Waals surface area contributed by atoms with Crippen molar-refractivity contribution in [3.8, 4) is 0 Å². The molecule has 8 heteroatoms. The van der Waals surface area contributed by atoms with Crippen LogP contribution in [0.5, 0.6) is 0 Å². The standard InChI is InChI=1S/C19H29N5O3/c1-19(2,3)27-18(26)23-15-10-11-24(13-15)17(20-4)21-12-16(25)22-14-8-6-5-7-9-14/h5-9,15H,10-13H2,1-4H3,(H,20,21)(H,22,25)(H,23,26). The predicted octanol–water partition coefficient (Wildman–Crippen LogP) is 1.80. The molecule has 2 amide bonds. The summed E-state index contributed by atoms with van der Waals surface area (Å²) in [7, 11) is 1.67. The molecule has 1 fully saturated rings. The van der Waals surface area contributed by atoms with E-state index in [-0.39, 0.29) is 18.5 Å². The van der Waals surface area contributed by atoms with Crippen LogP contribution in [0.3, 0.4) is 0 Å². The number of guanidine groups is 1. The summed E-state index contributed by atoms with van der Waals surface area (Å²) in [5.74, 6) is 0.483. The second-order valence-corrected chi connectivity index (χ2v) is 7.39. The van der Waals surface area contributed by atoms with Crippen LogP contribution in [0.1, 0.15) is 27.2 Å². The first-order valence-corrected chi connectivity index (χ1v) is 9.07. The lowest BCUT2D eigenvalue weighted by Crippen LogP contribution is -2.45. The largest absolute Gasteiger partial charge is 0.444 e. The molecule has 1 saturated heterocycles. The highest BCUT2D eigenvalue weighted by molar-refractivity contribution is 5.95. The quantitative estimate of drug-likeness (QED) is 0.551. The average Bonchev–Trinajstić information content (AvgIpc) is 3.02. The first kappa shape index (κ1) is 20.5. The van der Waals surface area contributed by atoms with Crippen molar-refractivity contribution in [2.45, 2.75) is 38.8 Å². The average molecular weight is 375 g/mol. The summed E-state index contributed by atoms with van der Waals surface area (Å²) in [5, 5.41) is 8.76. The van der Waals surface area contributed by atoms with Gasteiger partial charge in [0.15, 0.2) is 5.96 Å². The Kier molecular flexibility index (Phi) is 7.04. The number of hydrogen-bond donors (Lipinski definition) is 3. The maximum absolute atomic E-state index is 12.1. The molecule has 27 heavy (non-hydrogen) atoms. The van der Waals surface area contributed by atoms with Crippen LogP contribution in [0.25, 0.3) is 0 Å². The molecule has 0 bridgehead atoms. The number of para-hydroxylation sites is 1. The van der Waals surface area contributed by atoms with E-state index in [1.807, 2.05) is 56.0 Å². The Balaban J connectivity index is 1.77. The number of aliphatic imine (C=N–C) groups is 1. The smallest absolute Gasteiger partial charge is 0.407 e. The van der Waals surface area contributed by atoms with Crippen molar-refractivity contribution in [3.63, 3.8) is 0 Å². The van der Waals surface area contributed by atoms with Crippen LogP contribution in [0, 0.1) is 0 Å². The molecule has 0 aromatic heterocycles. The Labute approximate surface area is 160 Å². The van der Waals surface area contributed by atoms with E-state index in [4.69, 9.17) is 4.74 Å². The van der Waals surface area contributed by atoms with Crippen LogP contribution < -0.4 is 16.0 Å². The number of carbonyl (C=O) groups excluding carboxylic acids is 2. The van der Waals surface area contributed by atoms with Gasteiger partial charge in [0.1, 0.15) is 5.60 Å². The molecular formula is C19H29N5O3. The third-order valence-electron chi connectivity index (χ3n) is 3.89. The van der Waals surface area contributed by atoms with Gasteiger partial charge in [0.05, 0.1) is 12.6 Å². The van der Waals surface area contributed by atoms with E-state index < -0.39 is 11.7 Å². The summed E-state index contributed by atoms with van der Waals surface area (Å²) < 4.78 is 5.29. The summed E-state index contributed by atoms with van der Waals surface area (Å²) in [4.78, 5) is 30.2. The van der Waals surface area contributed by atoms with Crippen LogP contribution in [0.4, 0.5) is 10.5 Å². The van der Waals surface area contributed by atoms with Crippen LogP contribution in [-0.2, 0) is 9.53 Å². The van der Waals surface area contributed by atoms with Crippen molar-refractivity contribution in [1.29, 1.82) is 0 Å². The van der Waals surface area contributed by atoms with E-state index in [9.17, 15) is 9.59 Å². The topological polar surface area (TPSA) is 95.1 Å². The van der Waals surface area contributed by atoms with Crippen molar-refractivity contribution in [3.05, 3.63) is 30.3 Å². The van der Waals surface area contributed by atoms with Crippen molar-refractivity contribution in [2.75, 3.05) is 32.0 Å². The zero-order valence-electron chi connectivity index (χ0n) is 16.4. The zero-order chi connectivity index (χ0) is 19.9. The third kappa shape index (κ3) is 7.16. The minimum Gasteiger partial charge on any atom is -0.444 e. The van der Waals surface area contributed by atoms with Crippen LogP contribution in [0.15, 0.2) is 35.3 Å². The Morgan fingerprint density at radius 3 is 2.59 bits per heavy atom. The number of likely N-dealkylation sites (tertiary alicyclic amines) is 1. The van der Waals surface area contributed by atoms with E-state index >= 15 is 0 Å². The number of nitrogens with zero attached hydrogens (tertiary/aromatic N) is 2. The predicted molar refractivity (Wildman–Crippen MR) is 106 cm³/mol. The van der Waals surface area contributed by atoms with E-state index in [0.29, 0.717) is 12.5 Å². The number of anilines is 1. The molecule has 0 spiro atoms. The van der Waals surface area contributed by atoms with Crippen molar-refractivity contribution < 1.29 is 14.3 Å². The Hall–Kier alpha value is -2.77. The van der Waals surface area contributed by atoms with Crippen molar-refractivity contribution >= 4 is 23.6 Å². The van der Waals surface area contributed by atoms with Gasteiger partial charge in [0, 0.05) is 25.8 Å². The molecule has 2 rings (SSSR count). The number of rotatable bonds is 4. The minimum atomic E-state index is -0.522. The minimum absolute atomic E-state index is 0.0171. The summed E-state index contributed by atoms with van der Waals surface area (Å²) in [6.07, 6.45) is 0.371. The third-order valence-corrected chi connectivity index (χ3v) is 3.89. The van der Waals surface area contributed by atoms with Gasteiger partial charge < -0.3 is 25.6 Å². The van der Waals surface area contributed by atoms with E-state index in [1.165, 1.54) is 0 Å². The number of nitrogens with one attached hydrogen (secondary N) is 3. The molecule has 3 N–H and O–H groups in total. The van der Waals surface area contributed by atoms with Gasteiger partial charge in [0.2, 0.25) is 5.91 Å². The van der Waals surface area contributed by atoms with E-state index in [0.717, 1.165) is 18.7 Å². The van der Waals surface area contributed by atoms with E-state index in [2.05, 4.69) is 20.9 Å². The summed E-state index contributed by atoms with van der Waals surface area (Å²) in [5.41, 5.74) is 0.230. The van der Waals surface area contributed by atoms with Gasteiger partial charge >= 0.3 is 6.09 Å². The van der Waals surface area contributed by atoms with Gasteiger partial charge in [0.25, 0.3) is 0 Å². The fourth-order valence-corrected chi connectivity index (χ4v) is 2.76. The summed E-state index contributed by atoms with van der Waals surface area (Å²) in [6, 6.07) is 9.27. The molecule has 1 atom stereocenters. The van der Waals surface area contributed by atoms with Crippen LogP contribution in [0.2, 0.25) is 0 Å². The van der Waals surface area contributed by atoms with Gasteiger partial charge in [-0.25, -0.2) is 4.79 Å². The molecule has 1 unspecified atom stereocenters. The molecule has 1 aromatic rings. The highest BCUT2D eigenvalue weighted by Crippen LogP contribution is 2.12. The number of alkyl carbamates (subject to hydrolysis) is 1. The summed E-state index contributed by atoms with van der Waals surface area (Å²) >= 11 is 0.